The van der Waals surface area contributed by atoms with Crippen LogP contribution in [0.4, 0.5) is 0 Å². The zero-order valence-electron chi connectivity index (χ0n) is 14.3. The van der Waals surface area contributed by atoms with Gasteiger partial charge in [0.15, 0.2) is 0 Å². The van der Waals surface area contributed by atoms with Crippen LogP contribution in [0, 0.1) is 0 Å². The molecule has 122 valence electrons. The summed E-state index contributed by atoms with van der Waals surface area (Å²) in [5, 5.41) is 0. The Bertz CT molecular complexity index is 1100. The van der Waals surface area contributed by atoms with E-state index >= 15 is 0 Å². The molecule has 3 aliphatic carbocycles. The fourth-order valence-electron chi connectivity index (χ4n) is 4.82. The molecular formula is C25H17N. The first-order valence-corrected chi connectivity index (χ1v) is 9.15. The Morgan fingerprint density at radius 2 is 1.00 bits per heavy atom. The van der Waals surface area contributed by atoms with Crippen LogP contribution in [0.3, 0.4) is 0 Å². The van der Waals surface area contributed by atoms with Gasteiger partial charge in [0.05, 0.1) is 5.69 Å². The second-order valence-corrected chi connectivity index (χ2v) is 7.19. The minimum Gasteiger partial charge on any atom is -0.256 e. The van der Waals surface area contributed by atoms with Crippen LogP contribution in [0.5, 0.6) is 0 Å². The van der Waals surface area contributed by atoms with Crippen LogP contribution in [0.15, 0.2) is 91.1 Å². The van der Waals surface area contributed by atoms with Gasteiger partial charge in [-0.25, -0.2) is 0 Å². The molecule has 0 atom stereocenters. The molecular weight excluding hydrogens is 314 g/mol. The predicted octanol–water partition coefficient (Wildman–Crippen LogP) is 5.74. The highest BCUT2D eigenvalue weighted by atomic mass is 14.7. The fourth-order valence-corrected chi connectivity index (χ4v) is 4.82. The Labute approximate surface area is 153 Å². The van der Waals surface area contributed by atoms with Crippen molar-refractivity contribution in [2.24, 2.45) is 0 Å². The largest absolute Gasteiger partial charge is 0.256 e. The van der Waals surface area contributed by atoms with Gasteiger partial charge in [0.2, 0.25) is 0 Å². The van der Waals surface area contributed by atoms with Gasteiger partial charge in [0.1, 0.15) is 0 Å². The normalized spacial score (nSPS) is 18.8. The number of hydrogen-bond donors (Lipinski definition) is 0. The van der Waals surface area contributed by atoms with Crippen molar-refractivity contribution in [2.75, 3.05) is 0 Å². The van der Waals surface area contributed by atoms with Gasteiger partial charge >= 0.3 is 0 Å². The zero-order chi connectivity index (χ0) is 17.1. The molecule has 0 amide bonds. The van der Waals surface area contributed by atoms with E-state index in [0.29, 0.717) is 11.8 Å². The van der Waals surface area contributed by atoms with E-state index in [0.717, 1.165) is 5.69 Å². The summed E-state index contributed by atoms with van der Waals surface area (Å²) < 4.78 is 0. The molecule has 1 nitrogen and oxygen atoms in total. The minimum absolute atomic E-state index is 0.305. The number of benzene rings is 3. The van der Waals surface area contributed by atoms with Crippen molar-refractivity contribution in [3.05, 3.63) is 125 Å². The molecule has 1 heterocycles. The van der Waals surface area contributed by atoms with E-state index < -0.39 is 0 Å². The van der Waals surface area contributed by atoms with Crippen LogP contribution in [-0.4, -0.2) is 4.98 Å². The van der Waals surface area contributed by atoms with E-state index in [4.69, 9.17) is 4.98 Å². The molecule has 0 saturated heterocycles. The predicted molar refractivity (Wildman–Crippen MR) is 104 cm³/mol. The third kappa shape index (κ3) is 1.78. The molecule has 7 rings (SSSR count). The first-order valence-electron chi connectivity index (χ1n) is 9.15. The van der Waals surface area contributed by atoms with Crippen LogP contribution in [0.2, 0.25) is 0 Å². The van der Waals surface area contributed by atoms with Crippen molar-refractivity contribution < 1.29 is 0 Å². The van der Waals surface area contributed by atoms with Gasteiger partial charge in [-0.1, -0.05) is 78.9 Å². The first-order chi connectivity index (χ1) is 12.9. The molecule has 0 N–H and O–H groups in total. The van der Waals surface area contributed by atoms with Gasteiger partial charge in [-0.2, -0.15) is 0 Å². The summed E-state index contributed by atoms with van der Waals surface area (Å²) in [4.78, 5) is 4.83. The maximum atomic E-state index is 4.83. The van der Waals surface area contributed by atoms with Gasteiger partial charge in [-0.15, -0.1) is 0 Å². The molecule has 0 radical (unpaired) electrons. The molecule has 1 aromatic heterocycles. The lowest BCUT2D eigenvalue weighted by atomic mass is 9.61. The average Bonchev–Trinajstić information content (AvgIpc) is 2.73. The zero-order valence-corrected chi connectivity index (χ0v) is 14.3. The number of nitrogens with zero attached hydrogens (tertiary/aromatic N) is 1. The summed E-state index contributed by atoms with van der Waals surface area (Å²) in [7, 11) is 0. The lowest BCUT2D eigenvalue weighted by Crippen LogP contribution is -2.27. The average molecular weight is 331 g/mol. The van der Waals surface area contributed by atoms with E-state index in [1.807, 2.05) is 0 Å². The number of hydrogen-bond acceptors (Lipinski definition) is 1. The van der Waals surface area contributed by atoms with E-state index in [1.54, 1.807) is 0 Å². The first kappa shape index (κ1) is 14.0. The highest BCUT2D eigenvalue weighted by Gasteiger charge is 2.41. The molecule has 4 aromatic rings. The molecule has 26 heavy (non-hydrogen) atoms. The fraction of sp³-hybridized carbons (Fsp3) is 0.0800. The molecule has 0 spiro atoms. The molecule has 0 fully saturated rings. The SMILES string of the molecule is c1ccc(-c2cc3c(cn2)C2c4ccccc4C3c3ccccc32)cc1. The van der Waals surface area contributed by atoms with Crippen molar-refractivity contribution in [1.29, 1.82) is 0 Å². The van der Waals surface area contributed by atoms with Crippen LogP contribution >= 0.6 is 0 Å². The van der Waals surface area contributed by atoms with Crippen LogP contribution in [0.1, 0.15) is 45.2 Å². The Morgan fingerprint density at radius 1 is 0.500 bits per heavy atom. The monoisotopic (exact) mass is 331 g/mol. The summed E-state index contributed by atoms with van der Waals surface area (Å²) >= 11 is 0. The van der Waals surface area contributed by atoms with Crippen LogP contribution < -0.4 is 0 Å². The smallest absolute Gasteiger partial charge is 0.0705 e. The molecule has 0 unspecified atom stereocenters. The third-order valence-electron chi connectivity index (χ3n) is 5.90. The summed E-state index contributed by atoms with van der Waals surface area (Å²) in [6, 6.07) is 30.6. The van der Waals surface area contributed by atoms with E-state index in [-0.39, 0.29) is 0 Å². The Morgan fingerprint density at radius 3 is 1.58 bits per heavy atom. The highest BCUT2D eigenvalue weighted by Crippen LogP contribution is 2.55. The van der Waals surface area contributed by atoms with Gasteiger partial charge in [-0.3, -0.25) is 4.98 Å². The second kappa shape index (κ2) is 5.15. The lowest BCUT2D eigenvalue weighted by molar-refractivity contribution is 0.749. The van der Waals surface area contributed by atoms with Crippen molar-refractivity contribution in [1.82, 2.24) is 4.98 Å². The van der Waals surface area contributed by atoms with E-state index in [9.17, 15) is 0 Å². The standard InChI is InChI=1S/C25H17N/c1-2-8-16(9-3-1)23-14-21-22(15-26-23)25-19-12-6-4-10-17(19)24(21)18-11-5-7-13-20(18)25/h1-15,24-25H. The molecule has 2 bridgehead atoms. The van der Waals surface area contributed by atoms with Gasteiger partial charge in [-0.05, 0) is 39.4 Å². The van der Waals surface area contributed by atoms with Crippen LogP contribution in [0.25, 0.3) is 11.3 Å². The third-order valence-corrected chi connectivity index (χ3v) is 5.90. The summed E-state index contributed by atoms with van der Waals surface area (Å²) in [6.07, 6.45) is 2.11. The van der Waals surface area contributed by atoms with E-state index in [1.165, 1.54) is 38.9 Å². The topological polar surface area (TPSA) is 12.9 Å². The van der Waals surface area contributed by atoms with Crippen molar-refractivity contribution >= 4 is 0 Å². The second-order valence-electron chi connectivity index (χ2n) is 7.19. The van der Waals surface area contributed by atoms with Crippen molar-refractivity contribution in [2.45, 2.75) is 11.8 Å². The lowest BCUT2D eigenvalue weighted by Gasteiger charge is -2.42. The number of aromatic nitrogens is 1. The Kier molecular flexibility index (Phi) is 2.78. The van der Waals surface area contributed by atoms with Gasteiger partial charge in [0, 0.05) is 23.6 Å². The summed E-state index contributed by atoms with van der Waals surface area (Å²) in [6.45, 7) is 0. The summed E-state index contributed by atoms with van der Waals surface area (Å²) in [5.41, 5.74) is 10.8. The Hall–Kier alpha value is -3.19. The van der Waals surface area contributed by atoms with Gasteiger partial charge in [0.25, 0.3) is 0 Å². The quantitative estimate of drug-likeness (QED) is 0.374. The molecule has 0 saturated carbocycles. The maximum absolute atomic E-state index is 4.83. The maximum Gasteiger partial charge on any atom is 0.0705 e. The van der Waals surface area contributed by atoms with Crippen molar-refractivity contribution in [3.63, 3.8) is 0 Å². The highest BCUT2D eigenvalue weighted by molar-refractivity contribution is 5.70. The Balaban J connectivity index is 1.63. The molecule has 1 heteroatoms. The summed E-state index contributed by atoms with van der Waals surface area (Å²) in [5.74, 6) is 0.618. The number of pyridine rings is 1. The van der Waals surface area contributed by atoms with Gasteiger partial charge < -0.3 is 0 Å². The van der Waals surface area contributed by atoms with Crippen molar-refractivity contribution in [3.8, 4) is 11.3 Å². The van der Waals surface area contributed by atoms with E-state index in [2.05, 4.69) is 91.1 Å². The minimum atomic E-state index is 0.305. The molecule has 3 aromatic carbocycles. The molecule has 3 aliphatic rings. The molecule has 0 aliphatic heterocycles. The van der Waals surface area contributed by atoms with Crippen LogP contribution in [-0.2, 0) is 0 Å². The number of rotatable bonds is 1.